The van der Waals surface area contributed by atoms with E-state index >= 15 is 0 Å². The van der Waals surface area contributed by atoms with Crippen LogP contribution in [0.2, 0.25) is 0 Å². The van der Waals surface area contributed by atoms with Gasteiger partial charge in [0.05, 0.1) is 0 Å². The lowest BCUT2D eigenvalue weighted by atomic mass is 9.77. The first-order chi connectivity index (χ1) is 9.65. The molecule has 2 unspecified atom stereocenters. The number of hydrogen-bond acceptors (Lipinski definition) is 3. The lowest BCUT2D eigenvalue weighted by Crippen LogP contribution is -2.52. The first kappa shape index (κ1) is 13.6. The highest BCUT2D eigenvalue weighted by atomic mass is 16.4. The Hall–Kier alpha value is -1.39. The van der Waals surface area contributed by atoms with Gasteiger partial charge in [0.25, 0.3) is 0 Å². The topological polar surface area (TPSA) is 43.8 Å². The number of piperazine rings is 1. The third-order valence-electron chi connectivity index (χ3n) is 4.75. The zero-order valence-electron chi connectivity index (χ0n) is 12.0. The van der Waals surface area contributed by atoms with Crippen molar-refractivity contribution in [3.63, 3.8) is 0 Å². The molecule has 0 spiro atoms. The van der Waals surface area contributed by atoms with Crippen LogP contribution >= 0.6 is 0 Å². The maximum absolute atomic E-state index is 11.0. The molecule has 0 aromatic heterocycles. The van der Waals surface area contributed by atoms with Gasteiger partial charge in [-0.15, -0.1) is 0 Å². The van der Waals surface area contributed by atoms with Gasteiger partial charge in [-0.3, -0.25) is 9.69 Å². The Morgan fingerprint density at radius 2 is 2.00 bits per heavy atom. The van der Waals surface area contributed by atoms with Crippen molar-refractivity contribution in [3.8, 4) is 0 Å². The summed E-state index contributed by atoms with van der Waals surface area (Å²) in [6.45, 7) is 6.59. The quantitative estimate of drug-likeness (QED) is 0.902. The number of benzene rings is 1. The lowest BCUT2D eigenvalue weighted by molar-refractivity contribution is -0.143. The number of fused-ring (bicyclic) bond motifs is 1. The second-order valence-corrected chi connectivity index (χ2v) is 5.95. The molecule has 4 heteroatoms. The highest BCUT2D eigenvalue weighted by Crippen LogP contribution is 2.35. The van der Waals surface area contributed by atoms with Crippen molar-refractivity contribution in [2.45, 2.75) is 25.3 Å². The van der Waals surface area contributed by atoms with E-state index in [0.29, 0.717) is 5.92 Å². The van der Waals surface area contributed by atoms with Crippen molar-refractivity contribution in [2.24, 2.45) is 0 Å². The zero-order valence-corrected chi connectivity index (χ0v) is 12.0. The van der Waals surface area contributed by atoms with E-state index in [-0.39, 0.29) is 6.04 Å². The highest BCUT2D eigenvalue weighted by molar-refractivity contribution is 5.72. The molecule has 1 aromatic rings. The molecule has 108 valence electrons. The van der Waals surface area contributed by atoms with Gasteiger partial charge in [0.15, 0.2) is 0 Å². The predicted molar refractivity (Wildman–Crippen MR) is 78.0 cm³/mol. The second kappa shape index (κ2) is 5.54. The number of carboxylic acid groups (broad SMARTS) is 1. The number of carboxylic acids is 1. The van der Waals surface area contributed by atoms with E-state index in [2.05, 4.69) is 34.1 Å². The van der Waals surface area contributed by atoms with Crippen LogP contribution in [0, 0.1) is 0 Å². The summed E-state index contributed by atoms with van der Waals surface area (Å²) >= 11 is 0. The fourth-order valence-electron chi connectivity index (χ4n) is 3.33. The number of aliphatic carboxylic acids is 1. The van der Waals surface area contributed by atoms with Gasteiger partial charge in [-0.25, -0.2) is 0 Å². The maximum Gasteiger partial charge on any atom is 0.320 e. The molecule has 20 heavy (non-hydrogen) atoms. The second-order valence-electron chi connectivity index (χ2n) is 5.95. The molecular formula is C16H22N2O2. The molecule has 1 heterocycles. The van der Waals surface area contributed by atoms with Crippen molar-refractivity contribution < 1.29 is 9.90 Å². The average Bonchev–Trinajstić information content (AvgIpc) is 2.44. The molecule has 1 aromatic carbocycles. The lowest BCUT2D eigenvalue weighted by Gasteiger charge is -2.40. The van der Waals surface area contributed by atoms with Crippen molar-refractivity contribution in [1.29, 1.82) is 0 Å². The number of carbonyl (C=O) groups is 1. The number of nitrogens with zero attached hydrogens (tertiary/aromatic N) is 2. The average molecular weight is 274 g/mol. The van der Waals surface area contributed by atoms with E-state index in [0.717, 1.165) is 32.7 Å². The van der Waals surface area contributed by atoms with Gasteiger partial charge >= 0.3 is 5.97 Å². The van der Waals surface area contributed by atoms with Crippen LogP contribution in [0.5, 0.6) is 0 Å². The summed E-state index contributed by atoms with van der Waals surface area (Å²) in [7, 11) is 0. The third kappa shape index (κ3) is 2.58. The molecule has 0 saturated carbocycles. The van der Waals surface area contributed by atoms with Gasteiger partial charge in [0.1, 0.15) is 6.04 Å². The molecule has 1 fully saturated rings. The van der Waals surface area contributed by atoms with E-state index in [4.69, 9.17) is 5.11 Å². The van der Waals surface area contributed by atoms with Gasteiger partial charge in [0, 0.05) is 38.6 Å². The molecule has 1 N–H and O–H groups in total. The van der Waals surface area contributed by atoms with Crippen LogP contribution < -0.4 is 0 Å². The monoisotopic (exact) mass is 274 g/mol. The summed E-state index contributed by atoms with van der Waals surface area (Å²) in [6.07, 6.45) is 1.20. The smallest absolute Gasteiger partial charge is 0.320 e. The minimum Gasteiger partial charge on any atom is -0.480 e. The van der Waals surface area contributed by atoms with E-state index in [1.807, 2.05) is 0 Å². The molecule has 1 aliphatic carbocycles. The summed E-state index contributed by atoms with van der Waals surface area (Å²) in [5.74, 6) is -0.0407. The normalized spacial score (nSPS) is 24.8. The largest absolute Gasteiger partial charge is 0.480 e. The first-order valence-corrected chi connectivity index (χ1v) is 7.42. The van der Waals surface area contributed by atoms with Crippen LogP contribution in [0.15, 0.2) is 24.3 Å². The molecule has 0 amide bonds. The molecule has 0 radical (unpaired) electrons. The van der Waals surface area contributed by atoms with E-state index in [1.54, 1.807) is 6.92 Å². The van der Waals surface area contributed by atoms with Crippen LogP contribution in [0.3, 0.4) is 0 Å². The Labute approximate surface area is 120 Å². The van der Waals surface area contributed by atoms with Gasteiger partial charge < -0.3 is 10.0 Å². The van der Waals surface area contributed by atoms with Crippen LogP contribution in [-0.2, 0) is 11.2 Å². The van der Waals surface area contributed by atoms with Gasteiger partial charge in [-0.2, -0.15) is 0 Å². The number of rotatable bonds is 4. The Morgan fingerprint density at radius 1 is 1.30 bits per heavy atom. The van der Waals surface area contributed by atoms with Gasteiger partial charge in [-0.05, 0) is 24.5 Å². The summed E-state index contributed by atoms with van der Waals surface area (Å²) in [5, 5.41) is 9.05. The maximum atomic E-state index is 11.0. The Bertz CT molecular complexity index is 495. The third-order valence-corrected chi connectivity index (χ3v) is 4.75. The molecule has 1 aliphatic heterocycles. The molecule has 2 atom stereocenters. The van der Waals surface area contributed by atoms with Gasteiger partial charge in [-0.1, -0.05) is 24.3 Å². The molecular weight excluding hydrogens is 252 g/mol. The summed E-state index contributed by atoms with van der Waals surface area (Å²) < 4.78 is 0. The van der Waals surface area contributed by atoms with Gasteiger partial charge in [0.2, 0.25) is 0 Å². The van der Waals surface area contributed by atoms with Crippen molar-refractivity contribution >= 4 is 5.97 Å². The van der Waals surface area contributed by atoms with Crippen molar-refractivity contribution in [2.75, 3.05) is 32.7 Å². The molecule has 2 aliphatic rings. The Balaban J connectivity index is 1.50. The molecule has 3 rings (SSSR count). The Kier molecular flexibility index (Phi) is 3.76. The predicted octanol–water partition coefficient (Wildman–Crippen LogP) is 1.42. The highest BCUT2D eigenvalue weighted by Gasteiger charge is 2.30. The van der Waals surface area contributed by atoms with Crippen LogP contribution in [0.25, 0.3) is 0 Å². The standard InChI is InChI=1S/C16H22N2O2/c1-12(16(19)20)18-8-6-17(7-9-18)11-14-10-13-4-2-3-5-15(13)14/h2-5,12,14H,6-11H2,1H3,(H,19,20). The van der Waals surface area contributed by atoms with Crippen LogP contribution in [-0.4, -0.2) is 59.6 Å². The summed E-state index contributed by atoms with van der Waals surface area (Å²) in [6, 6.07) is 8.34. The Morgan fingerprint density at radius 3 is 2.65 bits per heavy atom. The van der Waals surface area contributed by atoms with Crippen molar-refractivity contribution in [1.82, 2.24) is 9.80 Å². The molecule has 4 nitrogen and oxygen atoms in total. The minimum absolute atomic E-state index is 0.360. The molecule has 0 bridgehead atoms. The SMILES string of the molecule is CC(C(=O)O)N1CCN(CC2Cc3ccccc32)CC1. The van der Waals surface area contributed by atoms with E-state index in [1.165, 1.54) is 17.5 Å². The summed E-state index contributed by atoms with van der Waals surface area (Å²) in [5.41, 5.74) is 3.00. The number of hydrogen-bond donors (Lipinski definition) is 1. The summed E-state index contributed by atoms with van der Waals surface area (Å²) in [4.78, 5) is 15.5. The fraction of sp³-hybridized carbons (Fsp3) is 0.562. The fourth-order valence-corrected chi connectivity index (χ4v) is 3.33. The van der Waals surface area contributed by atoms with E-state index < -0.39 is 5.97 Å². The van der Waals surface area contributed by atoms with Crippen LogP contribution in [0.1, 0.15) is 24.0 Å². The van der Waals surface area contributed by atoms with E-state index in [9.17, 15) is 4.79 Å². The first-order valence-electron chi connectivity index (χ1n) is 7.42. The zero-order chi connectivity index (χ0) is 14.1. The van der Waals surface area contributed by atoms with Crippen LogP contribution in [0.4, 0.5) is 0 Å². The minimum atomic E-state index is -0.716. The molecule has 1 saturated heterocycles. The van der Waals surface area contributed by atoms with Crippen molar-refractivity contribution in [3.05, 3.63) is 35.4 Å².